The molecule has 0 aliphatic carbocycles. The second kappa shape index (κ2) is 5.25. The van der Waals surface area contributed by atoms with E-state index in [1.807, 2.05) is 0 Å². The Morgan fingerprint density at radius 2 is 2.33 bits per heavy atom. The monoisotopic (exact) mass is 288 g/mol. The molecule has 0 amide bonds. The minimum atomic E-state index is -3.78. The Morgan fingerprint density at radius 1 is 1.56 bits per heavy atom. The van der Waals surface area contributed by atoms with E-state index in [-0.39, 0.29) is 17.2 Å². The lowest BCUT2D eigenvalue weighted by Gasteiger charge is -2.31. The standard InChI is InChI=1S/C10H12N2O4S2/c13-10(14)9-7-17-5-4-12(9)18(15,16)8-2-1-3-11-6-8/h1-3,6,9H,4-5,7H2,(H,13,14). The Labute approximate surface area is 109 Å². The number of carboxylic acids is 1. The number of aliphatic carboxylic acids is 1. The predicted octanol–water partition coefficient (Wildman–Crippen LogP) is 0.272. The first kappa shape index (κ1) is 13.3. The van der Waals surface area contributed by atoms with Crippen LogP contribution in [0, 0.1) is 0 Å². The summed E-state index contributed by atoms with van der Waals surface area (Å²) in [6.07, 6.45) is 2.70. The number of thioether (sulfide) groups is 1. The number of nitrogens with zero attached hydrogens (tertiary/aromatic N) is 2. The molecule has 6 nitrogen and oxygen atoms in total. The van der Waals surface area contributed by atoms with Gasteiger partial charge in [0.2, 0.25) is 10.0 Å². The zero-order chi connectivity index (χ0) is 13.2. The van der Waals surface area contributed by atoms with Crippen molar-refractivity contribution in [1.29, 1.82) is 0 Å². The summed E-state index contributed by atoms with van der Waals surface area (Å²) in [4.78, 5) is 14.9. The van der Waals surface area contributed by atoms with Crippen LogP contribution >= 0.6 is 11.8 Å². The van der Waals surface area contributed by atoms with Crippen molar-refractivity contribution >= 4 is 27.8 Å². The fourth-order valence-electron chi connectivity index (χ4n) is 1.71. The molecule has 1 atom stereocenters. The highest BCUT2D eigenvalue weighted by Gasteiger charge is 2.37. The second-order valence-electron chi connectivity index (χ2n) is 3.73. The number of carboxylic acid groups (broad SMARTS) is 1. The molecule has 2 heterocycles. The van der Waals surface area contributed by atoms with E-state index in [2.05, 4.69) is 4.98 Å². The number of pyridine rings is 1. The van der Waals surface area contributed by atoms with Gasteiger partial charge in [0.15, 0.2) is 0 Å². The molecule has 0 bridgehead atoms. The summed E-state index contributed by atoms with van der Waals surface area (Å²) >= 11 is 1.44. The fourth-order valence-corrected chi connectivity index (χ4v) is 4.50. The van der Waals surface area contributed by atoms with Crippen LogP contribution in [0.3, 0.4) is 0 Å². The van der Waals surface area contributed by atoms with Crippen molar-refractivity contribution in [3.8, 4) is 0 Å². The molecule has 1 fully saturated rings. The molecular formula is C10H12N2O4S2. The average Bonchev–Trinajstić information content (AvgIpc) is 2.39. The van der Waals surface area contributed by atoms with Gasteiger partial charge in [-0.25, -0.2) is 8.42 Å². The molecule has 1 unspecified atom stereocenters. The number of sulfonamides is 1. The summed E-state index contributed by atoms with van der Waals surface area (Å²) in [5.41, 5.74) is 0. The SMILES string of the molecule is O=C(O)C1CSCCN1S(=O)(=O)c1cccnc1. The normalized spacial score (nSPS) is 21.7. The molecular weight excluding hydrogens is 276 g/mol. The number of hydrogen-bond donors (Lipinski definition) is 1. The Morgan fingerprint density at radius 3 is 2.94 bits per heavy atom. The van der Waals surface area contributed by atoms with Gasteiger partial charge >= 0.3 is 5.97 Å². The summed E-state index contributed by atoms with van der Waals surface area (Å²) in [6, 6.07) is 1.93. The highest BCUT2D eigenvalue weighted by atomic mass is 32.2. The van der Waals surface area contributed by atoms with E-state index >= 15 is 0 Å². The molecule has 1 aliphatic rings. The van der Waals surface area contributed by atoms with Crippen molar-refractivity contribution in [2.75, 3.05) is 18.1 Å². The number of carbonyl (C=O) groups is 1. The van der Waals surface area contributed by atoms with E-state index in [1.165, 1.54) is 36.3 Å². The first-order valence-electron chi connectivity index (χ1n) is 5.26. The molecule has 8 heteroatoms. The van der Waals surface area contributed by atoms with E-state index in [1.54, 1.807) is 0 Å². The lowest BCUT2D eigenvalue weighted by atomic mass is 10.3. The summed E-state index contributed by atoms with van der Waals surface area (Å²) < 4.78 is 25.7. The Balaban J connectivity index is 2.36. The van der Waals surface area contributed by atoms with Gasteiger partial charge in [-0.05, 0) is 12.1 Å². The van der Waals surface area contributed by atoms with Gasteiger partial charge in [0.25, 0.3) is 0 Å². The van der Waals surface area contributed by atoms with Gasteiger partial charge in [-0.1, -0.05) is 0 Å². The van der Waals surface area contributed by atoms with Crippen LogP contribution in [-0.4, -0.2) is 52.9 Å². The third-order valence-electron chi connectivity index (χ3n) is 2.61. The summed E-state index contributed by atoms with van der Waals surface area (Å²) in [6.45, 7) is 0.207. The van der Waals surface area contributed by atoms with Crippen LogP contribution in [0.2, 0.25) is 0 Å². The van der Waals surface area contributed by atoms with E-state index in [0.29, 0.717) is 5.75 Å². The van der Waals surface area contributed by atoms with Crippen molar-refractivity contribution in [3.63, 3.8) is 0 Å². The summed E-state index contributed by atoms with van der Waals surface area (Å²) in [7, 11) is -3.78. The molecule has 1 aromatic rings. The van der Waals surface area contributed by atoms with Crippen LogP contribution in [0.15, 0.2) is 29.4 Å². The van der Waals surface area contributed by atoms with E-state index in [9.17, 15) is 13.2 Å². The highest BCUT2D eigenvalue weighted by Crippen LogP contribution is 2.24. The molecule has 0 aromatic carbocycles. The van der Waals surface area contributed by atoms with Gasteiger partial charge in [0, 0.05) is 30.4 Å². The van der Waals surface area contributed by atoms with Gasteiger partial charge < -0.3 is 5.11 Å². The van der Waals surface area contributed by atoms with Crippen molar-refractivity contribution < 1.29 is 18.3 Å². The smallest absolute Gasteiger partial charge is 0.322 e. The molecule has 1 aliphatic heterocycles. The third-order valence-corrected chi connectivity index (χ3v) is 5.52. The summed E-state index contributed by atoms with van der Waals surface area (Å²) in [5.74, 6) is -0.243. The van der Waals surface area contributed by atoms with Crippen LogP contribution in [0.1, 0.15) is 0 Å². The minimum absolute atomic E-state index is 0.0307. The zero-order valence-electron chi connectivity index (χ0n) is 9.39. The molecule has 0 radical (unpaired) electrons. The van der Waals surface area contributed by atoms with Crippen molar-refractivity contribution in [2.24, 2.45) is 0 Å². The topological polar surface area (TPSA) is 87.6 Å². The molecule has 18 heavy (non-hydrogen) atoms. The largest absolute Gasteiger partial charge is 0.480 e. The van der Waals surface area contributed by atoms with Crippen molar-refractivity contribution in [2.45, 2.75) is 10.9 Å². The summed E-state index contributed by atoms with van der Waals surface area (Å²) in [5, 5.41) is 9.08. The van der Waals surface area contributed by atoms with Crippen molar-refractivity contribution in [3.05, 3.63) is 24.5 Å². The molecule has 1 aromatic heterocycles. The maximum atomic E-state index is 12.3. The first-order chi connectivity index (χ1) is 8.53. The van der Waals surface area contributed by atoms with Crippen LogP contribution in [0.25, 0.3) is 0 Å². The number of rotatable bonds is 3. The lowest BCUT2D eigenvalue weighted by molar-refractivity contribution is -0.140. The van der Waals surface area contributed by atoms with E-state index in [0.717, 1.165) is 4.31 Å². The molecule has 0 saturated carbocycles. The van der Waals surface area contributed by atoms with Gasteiger partial charge in [-0.3, -0.25) is 9.78 Å². The minimum Gasteiger partial charge on any atom is -0.480 e. The maximum absolute atomic E-state index is 12.3. The number of aromatic nitrogens is 1. The predicted molar refractivity (Wildman–Crippen MR) is 66.9 cm³/mol. The van der Waals surface area contributed by atoms with Gasteiger partial charge in [0.05, 0.1) is 0 Å². The second-order valence-corrected chi connectivity index (χ2v) is 6.77. The van der Waals surface area contributed by atoms with Crippen LogP contribution in [0.4, 0.5) is 0 Å². The Kier molecular flexibility index (Phi) is 3.88. The lowest BCUT2D eigenvalue weighted by Crippen LogP contribution is -2.50. The average molecular weight is 288 g/mol. The third kappa shape index (κ3) is 2.50. The highest BCUT2D eigenvalue weighted by molar-refractivity contribution is 7.99. The molecule has 1 saturated heterocycles. The first-order valence-corrected chi connectivity index (χ1v) is 7.85. The van der Waals surface area contributed by atoms with Crippen LogP contribution in [0.5, 0.6) is 0 Å². The van der Waals surface area contributed by atoms with E-state index < -0.39 is 22.0 Å². The maximum Gasteiger partial charge on any atom is 0.322 e. The van der Waals surface area contributed by atoms with Gasteiger partial charge in [-0.2, -0.15) is 16.1 Å². The fraction of sp³-hybridized carbons (Fsp3) is 0.400. The van der Waals surface area contributed by atoms with E-state index in [4.69, 9.17) is 5.11 Å². The van der Waals surface area contributed by atoms with Gasteiger partial charge in [0.1, 0.15) is 10.9 Å². The quantitative estimate of drug-likeness (QED) is 0.859. The van der Waals surface area contributed by atoms with Crippen molar-refractivity contribution in [1.82, 2.24) is 9.29 Å². The molecule has 2 rings (SSSR count). The van der Waals surface area contributed by atoms with Gasteiger partial charge in [-0.15, -0.1) is 0 Å². The molecule has 0 spiro atoms. The number of hydrogen-bond acceptors (Lipinski definition) is 5. The Hall–Kier alpha value is -1.12. The molecule has 98 valence electrons. The van der Waals surface area contributed by atoms with Crippen LogP contribution < -0.4 is 0 Å². The Bertz CT molecular complexity index is 532. The molecule has 1 N–H and O–H groups in total. The zero-order valence-corrected chi connectivity index (χ0v) is 11.0. The van der Waals surface area contributed by atoms with Crippen LogP contribution in [-0.2, 0) is 14.8 Å².